The van der Waals surface area contributed by atoms with Crippen molar-refractivity contribution in [3.8, 4) is 0 Å². The molecule has 3 N–H and O–H groups in total. The van der Waals surface area contributed by atoms with Crippen LogP contribution in [0.25, 0.3) is 0 Å². The second-order valence-corrected chi connectivity index (χ2v) is 3.93. The molecule has 4 heteroatoms. The number of nitrogens with zero attached hydrogens (tertiary/aromatic N) is 1. The number of oxazole rings is 1. The van der Waals surface area contributed by atoms with E-state index in [-0.39, 0.29) is 6.01 Å². The molecular weight excluding hydrogens is 166 g/mol. The molecule has 0 spiro atoms. The van der Waals surface area contributed by atoms with Crippen molar-refractivity contribution < 1.29 is 4.42 Å². The number of nitrogens with one attached hydrogen (secondary N) is 1. The van der Waals surface area contributed by atoms with Gasteiger partial charge >= 0.3 is 0 Å². The van der Waals surface area contributed by atoms with Crippen LogP contribution >= 0.6 is 0 Å². The molecule has 1 aromatic heterocycles. The highest BCUT2D eigenvalue weighted by molar-refractivity contribution is 5.11. The van der Waals surface area contributed by atoms with E-state index in [1.165, 1.54) is 19.3 Å². The van der Waals surface area contributed by atoms with Crippen LogP contribution in [0.4, 0.5) is 6.01 Å². The first-order valence-corrected chi connectivity index (χ1v) is 4.63. The lowest BCUT2D eigenvalue weighted by molar-refractivity contribution is 0.201. The van der Waals surface area contributed by atoms with Crippen molar-refractivity contribution >= 4 is 6.01 Å². The molecule has 72 valence electrons. The Labute approximate surface area is 77.5 Å². The Hall–Kier alpha value is -1.03. The number of rotatable bonds is 3. The van der Waals surface area contributed by atoms with E-state index in [1.807, 2.05) is 0 Å². The maximum atomic E-state index is 5.36. The monoisotopic (exact) mass is 181 g/mol. The molecule has 0 saturated heterocycles. The molecule has 1 aromatic rings. The van der Waals surface area contributed by atoms with Crippen LogP contribution in [0.3, 0.4) is 0 Å². The zero-order valence-electron chi connectivity index (χ0n) is 7.84. The van der Waals surface area contributed by atoms with Gasteiger partial charge in [0.1, 0.15) is 5.76 Å². The lowest BCUT2D eigenvalue weighted by Crippen LogP contribution is -2.47. The molecule has 4 nitrogen and oxygen atoms in total. The minimum absolute atomic E-state index is 0.246. The summed E-state index contributed by atoms with van der Waals surface area (Å²) in [6, 6.07) is 0.246. The number of aromatic nitrogens is 1. The van der Waals surface area contributed by atoms with Crippen LogP contribution < -0.4 is 11.1 Å². The van der Waals surface area contributed by atoms with Crippen molar-refractivity contribution in [1.29, 1.82) is 0 Å². The summed E-state index contributed by atoms with van der Waals surface area (Å²) in [6.45, 7) is 2.96. The third-order valence-corrected chi connectivity index (χ3v) is 2.72. The lowest BCUT2D eigenvalue weighted by atomic mass is 9.78. The van der Waals surface area contributed by atoms with E-state index >= 15 is 0 Å². The fourth-order valence-electron chi connectivity index (χ4n) is 1.59. The van der Waals surface area contributed by atoms with E-state index in [0.717, 1.165) is 12.3 Å². The van der Waals surface area contributed by atoms with Gasteiger partial charge in [-0.25, -0.2) is 4.98 Å². The first-order chi connectivity index (χ1) is 6.18. The van der Waals surface area contributed by atoms with Crippen LogP contribution in [-0.4, -0.2) is 10.5 Å². The molecule has 0 atom stereocenters. The minimum atomic E-state index is 0.246. The molecule has 1 saturated carbocycles. The van der Waals surface area contributed by atoms with Gasteiger partial charge < -0.3 is 15.5 Å². The van der Waals surface area contributed by atoms with E-state index < -0.39 is 0 Å². The Balaban J connectivity index is 1.85. The van der Waals surface area contributed by atoms with Gasteiger partial charge in [-0.05, 0) is 26.2 Å². The van der Waals surface area contributed by atoms with E-state index in [9.17, 15) is 0 Å². The summed E-state index contributed by atoms with van der Waals surface area (Å²) in [4.78, 5) is 3.83. The summed E-state index contributed by atoms with van der Waals surface area (Å²) in [5.74, 6) is 0.811. The maximum absolute atomic E-state index is 5.36. The summed E-state index contributed by atoms with van der Waals surface area (Å²) in [5.41, 5.74) is 5.67. The lowest BCUT2D eigenvalue weighted by Gasteiger charge is -2.39. The Morgan fingerprint density at radius 2 is 2.46 bits per heavy atom. The van der Waals surface area contributed by atoms with Crippen LogP contribution in [0.5, 0.6) is 0 Å². The predicted octanol–water partition coefficient (Wildman–Crippen LogP) is 1.29. The standard InChI is InChI=1S/C9H15N3O/c1-9(3-2-4-9)12-6-7-5-11-8(10)13-7/h5,12H,2-4,6H2,1H3,(H2,10,11). The van der Waals surface area contributed by atoms with Gasteiger partial charge in [0, 0.05) is 5.54 Å². The third-order valence-electron chi connectivity index (χ3n) is 2.72. The summed E-state index contributed by atoms with van der Waals surface area (Å²) in [6.07, 6.45) is 5.49. The van der Waals surface area contributed by atoms with Gasteiger partial charge in [-0.15, -0.1) is 0 Å². The van der Waals surface area contributed by atoms with Gasteiger partial charge in [0.05, 0.1) is 12.7 Å². The molecular formula is C9H15N3O. The Morgan fingerprint density at radius 1 is 1.69 bits per heavy atom. The summed E-state index contributed by atoms with van der Waals surface area (Å²) < 4.78 is 5.15. The third kappa shape index (κ3) is 1.83. The molecule has 2 rings (SSSR count). The molecule has 0 radical (unpaired) electrons. The maximum Gasteiger partial charge on any atom is 0.292 e. The van der Waals surface area contributed by atoms with Crippen LogP contribution in [0.1, 0.15) is 31.9 Å². The molecule has 1 aliphatic rings. The molecule has 0 unspecified atom stereocenters. The Kier molecular flexibility index (Phi) is 2.00. The number of nitrogens with two attached hydrogens (primary N) is 1. The highest BCUT2D eigenvalue weighted by atomic mass is 16.4. The van der Waals surface area contributed by atoms with E-state index in [0.29, 0.717) is 5.54 Å². The van der Waals surface area contributed by atoms with Crippen molar-refractivity contribution in [2.75, 3.05) is 5.73 Å². The van der Waals surface area contributed by atoms with Gasteiger partial charge in [-0.3, -0.25) is 0 Å². The van der Waals surface area contributed by atoms with E-state index in [1.54, 1.807) is 6.20 Å². The predicted molar refractivity (Wildman–Crippen MR) is 50.0 cm³/mol. The van der Waals surface area contributed by atoms with Crippen molar-refractivity contribution in [2.45, 2.75) is 38.3 Å². The van der Waals surface area contributed by atoms with Crippen molar-refractivity contribution in [3.63, 3.8) is 0 Å². The molecule has 1 fully saturated rings. The van der Waals surface area contributed by atoms with Gasteiger partial charge in [0.2, 0.25) is 0 Å². The molecule has 0 amide bonds. The molecule has 1 heterocycles. The first kappa shape index (κ1) is 8.56. The van der Waals surface area contributed by atoms with Crippen LogP contribution in [-0.2, 0) is 6.54 Å². The highest BCUT2D eigenvalue weighted by Gasteiger charge is 2.30. The van der Waals surface area contributed by atoms with Crippen LogP contribution in [0.15, 0.2) is 10.6 Å². The van der Waals surface area contributed by atoms with Gasteiger partial charge in [0.15, 0.2) is 0 Å². The average Bonchev–Trinajstić information content (AvgIpc) is 2.44. The first-order valence-electron chi connectivity index (χ1n) is 4.63. The summed E-state index contributed by atoms with van der Waals surface area (Å²) in [5, 5.41) is 3.44. The van der Waals surface area contributed by atoms with Crippen LogP contribution in [0.2, 0.25) is 0 Å². The molecule has 0 aromatic carbocycles. The normalized spacial score (nSPS) is 19.8. The SMILES string of the molecule is CC1(NCc2cnc(N)o2)CCC1. The zero-order valence-corrected chi connectivity index (χ0v) is 7.84. The minimum Gasteiger partial charge on any atom is -0.428 e. The number of anilines is 1. The largest absolute Gasteiger partial charge is 0.428 e. The number of hydrogen-bond donors (Lipinski definition) is 2. The molecule has 13 heavy (non-hydrogen) atoms. The fraction of sp³-hybridized carbons (Fsp3) is 0.667. The second-order valence-electron chi connectivity index (χ2n) is 3.93. The van der Waals surface area contributed by atoms with Crippen LogP contribution in [0, 0.1) is 0 Å². The average molecular weight is 181 g/mol. The summed E-state index contributed by atoms with van der Waals surface area (Å²) >= 11 is 0. The molecule has 0 bridgehead atoms. The van der Waals surface area contributed by atoms with Gasteiger partial charge in [0.25, 0.3) is 6.01 Å². The fourth-order valence-corrected chi connectivity index (χ4v) is 1.59. The van der Waals surface area contributed by atoms with Crippen molar-refractivity contribution in [3.05, 3.63) is 12.0 Å². The van der Waals surface area contributed by atoms with E-state index in [2.05, 4.69) is 17.2 Å². The second kappa shape index (κ2) is 3.03. The number of nitrogen functional groups attached to an aromatic ring is 1. The molecule has 0 aliphatic heterocycles. The molecule has 1 aliphatic carbocycles. The van der Waals surface area contributed by atoms with Gasteiger partial charge in [-0.1, -0.05) is 0 Å². The Morgan fingerprint density at radius 3 is 2.92 bits per heavy atom. The topological polar surface area (TPSA) is 64.1 Å². The van der Waals surface area contributed by atoms with Crippen molar-refractivity contribution in [1.82, 2.24) is 10.3 Å². The number of hydrogen-bond acceptors (Lipinski definition) is 4. The quantitative estimate of drug-likeness (QED) is 0.737. The smallest absolute Gasteiger partial charge is 0.292 e. The Bertz CT molecular complexity index is 291. The summed E-state index contributed by atoms with van der Waals surface area (Å²) in [7, 11) is 0. The zero-order chi connectivity index (χ0) is 9.31. The highest BCUT2D eigenvalue weighted by Crippen LogP contribution is 2.31. The van der Waals surface area contributed by atoms with Gasteiger partial charge in [-0.2, -0.15) is 0 Å². The van der Waals surface area contributed by atoms with Crippen molar-refractivity contribution in [2.24, 2.45) is 0 Å². The van der Waals surface area contributed by atoms with E-state index in [4.69, 9.17) is 10.2 Å².